The number of rotatable bonds is 5. The van der Waals surface area contributed by atoms with Crippen molar-refractivity contribution in [1.82, 2.24) is 19.6 Å². The first-order valence-corrected chi connectivity index (χ1v) is 9.83. The number of carbonyl (C=O) groups excluding carboxylic acids is 1. The van der Waals surface area contributed by atoms with Crippen LogP contribution in [-0.4, -0.2) is 25.5 Å². The van der Waals surface area contributed by atoms with Gasteiger partial charge in [0.1, 0.15) is 6.54 Å². The van der Waals surface area contributed by atoms with Gasteiger partial charge >= 0.3 is 0 Å². The zero-order chi connectivity index (χ0) is 19.7. The molecule has 0 aliphatic heterocycles. The van der Waals surface area contributed by atoms with Crippen molar-refractivity contribution >= 4 is 62.5 Å². The molecule has 0 radical (unpaired) electrons. The normalized spacial score (nSPS) is 11.0. The Morgan fingerprint density at radius 1 is 1.22 bits per heavy atom. The number of carbonyl (C=O) groups is 1. The first kappa shape index (κ1) is 20.2. The standard InChI is InChI=1S/C17H15BrCl3N5O/c1-9-16(21)10(2)26(23-9)8-15(27)22-17-13(18)7-25(24-17)6-11-3-4-12(19)5-14(11)20/h3-5,7H,6,8H2,1-2H3,(H,22,24,27). The lowest BCUT2D eigenvalue weighted by molar-refractivity contribution is -0.117. The summed E-state index contributed by atoms with van der Waals surface area (Å²) < 4.78 is 3.90. The van der Waals surface area contributed by atoms with E-state index in [9.17, 15) is 4.79 Å². The highest BCUT2D eigenvalue weighted by atomic mass is 79.9. The number of nitrogens with zero attached hydrogens (tertiary/aromatic N) is 4. The first-order chi connectivity index (χ1) is 12.7. The minimum Gasteiger partial charge on any atom is -0.307 e. The molecule has 0 atom stereocenters. The van der Waals surface area contributed by atoms with E-state index >= 15 is 0 Å². The number of halogens is 4. The van der Waals surface area contributed by atoms with E-state index in [1.807, 2.05) is 13.0 Å². The Morgan fingerprint density at radius 3 is 2.59 bits per heavy atom. The Labute approximate surface area is 179 Å². The van der Waals surface area contributed by atoms with E-state index in [0.717, 1.165) is 11.3 Å². The molecular weight excluding hydrogens is 476 g/mol. The number of benzene rings is 1. The van der Waals surface area contributed by atoms with Crippen molar-refractivity contribution in [3.8, 4) is 0 Å². The molecule has 6 nitrogen and oxygen atoms in total. The van der Waals surface area contributed by atoms with Gasteiger partial charge in [-0.05, 0) is 47.5 Å². The number of nitrogens with one attached hydrogen (secondary N) is 1. The largest absolute Gasteiger partial charge is 0.307 e. The molecular formula is C17H15BrCl3N5O. The number of aryl methyl sites for hydroxylation is 1. The van der Waals surface area contributed by atoms with Gasteiger partial charge in [-0.1, -0.05) is 40.9 Å². The summed E-state index contributed by atoms with van der Waals surface area (Å²) in [5.41, 5.74) is 2.30. The van der Waals surface area contributed by atoms with Gasteiger partial charge in [0.2, 0.25) is 5.91 Å². The van der Waals surface area contributed by atoms with Crippen molar-refractivity contribution in [1.29, 1.82) is 0 Å². The zero-order valence-electron chi connectivity index (χ0n) is 14.4. The lowest BCUT2D eigenvalue weighted by Crippen LogP contribution is -2.21. The number of hydrogen-bond donors (Lipinski definition) is 1. The van der Waals surface area contributed by atoms with Crippen molar-refractivity contribution in [2.45, 2.75) is 26.9 Å². The van der Waals surface area contributed by atoms with Gasteiger partial charge in [-0.15, -0.1) is 0 Å². The van der Waals surface area contributed by atoms with Gasteiger partial charge < -0.3 is 5.32 Å². The van der Waals surface area contributed by atoms with E-state index in [1.165, 1.54) is 0 Å². The number of aromatic nitrogens is 4. The Kier molecular flexibility index (Phi) is 6.15. The van der Waals surface area contributed by atoms with Gasteiger partial charge in [0.05, 0.1) is 27.4 Å². The van der Waals surface area contributed by atoms with Gasteiger partial charge in [0, 0.05) is 16.2 Å². The maximum Gasteiger partial charge on any atom is 0.247 e. The molecule has 0 saturated heterocycles. The second-order valence-corrected chi connectivity index (χ2v) is 8.03. The lowest BCUT2D eigenvalue weighted by atomic mass is 10.2. The van der Waals surface area contributed by atoms with Crippen LogP contribution in [0, 0.1) is 13.8 Å². The van der Waals surface area contributed by atoms with Crippen molar-refractivity contribution in [2.75, 3.05) is 5.32 Å². The summed E-state index contributed by atoms with van der Waals surface area (Å²) >= 11 is 21.6. The Bertz CT molecular complexity index is 1010. The molecule has 0 saturated carbocycles. The SMILES string of the molecule is Cc1nn(CC(=O)Nc2nn(Cc3ccc(Cl)cc3Cl)cc2Br)c(C)c1Cl. The van der Waals surface area contributed by atoms with Crippen molar-refractivity contribution in [3.63, 3.8) is 0 Å². The smallest absolute Gasteiger partial charge is 0.247 e. The minimum absolute atomic E-state index is 0.0434. The highest BCUT2D eigenvalue weighted by Crippen LogP contribution is 2.25. The summed E-state index contributed by atoms with van der Waals surface area (Å²) in [5, 5.41) is 13.1. The molecule has 0 bridgehead atoms. The number of anilines is 1. The molecule has 1 amide bonds. The third-order valence-electron chi connectivity index (χ3n) is 3.91. The molecule has 0 aliphatic carbocycles. The van der Waals surface area contributed by atoms with Gasteiger partial charge in [0.25, 0.3) is 0 Å². The van der Waals surface area contributed by atoms with Crippen LogP contribution in [0.1, 0.15) is 17.0 Å². The highest BCUT2D eigenvalue weighted by molar-refractivity contribution is 9.10. The van der Waals surface area contributed by atoms with Crippen LogP contribution in [0.4, 0.5) is 5.82 Å². The van der Waals surface area contributed by atoms with Crippen LogP contribution in [0.3, 0.4) is 0 Å². The van der Waals surface area contributed by atoms with Gasteiger partial charge in [0.15, 0.2) is 5.82 Å². The minimum atomic E-state index is -0.257. The summed E-state index contributed by atoms with van der Waals surface area (Å²) in [7, 11) is 0. The molecule has 3 aromatic rings. The summed E-state index contributed by atoms with van der Waals surface area (Å²) in [5.74, 6) is 0.158. The van der Waals surface area contributed by atoms with Crippen LogP contribution in [0.2, 0.25) is 15.1 Å². The van der Waals surface area contributed by atoms with E-state index in [0.29, 0.717) is 37.6 Å². The predicted octanol–water partition coefficient (Wildman–Crippen LogP) is 5.11. The van der Waals surface area contributed by atoms with Crippen LogP contribution in [0.5, 0.6) is 0 Å². The molecule has 27 heavy (non-hydrogen) atoms. The molecule has 10 heteroatoms. The molecule has 0 aliphatic rings. The number of amides is 1. The molecule has 0 spiro atoms. The fraction of sp³-hybridized carbons (Fsp3) is 0.235. The topological polar surface area (TPSA) is 64.7 Å². The number of hydrogen-bond acceptors (Lipinski definition) is 3. The second-order valence-electron chi connectivity index (χ2n) is 5.95. The van der Waals surface area contributed by atoms with Gasteiger partial charge in [-0.2, -0.15) is 10.2 Å². The Morgan fingerprint density at radius 2 is 1.96 bits per heavy atom. The van der Waals surface area contributed by atoms with Crippen LogP contribution >= 0.6 is 50.7 Å². The third-order valence-corrected chi connectivity index (χ3v) is 5.62. The zero-order valence-corrected chi connectivity index (χ0v) is 18.3. The van der Waals surface area contributed by atoms with Gasteiger partial charge in [-0.25, -0.2) is 0 Å². The first-order valence-electron chi connectivity index (χ1n) is 7.91. The quantitative estimate of drug-likeness (QED) is 0.540. The fourth-order valence-corrected chi connectivity index (χ4v) is 3.54. The fourth-order valence-electron chi connectivity index (χ4n) is 2.52. The van der Waals surface area contributed by atoms with Crippen LogP contribution < -0.4 is 5.32 Å². The molecule has 1 N–H and O–H groups in total. The van der Waals surface area contributed by atoms with E-state index in [4.69, 9.17) is 34.8 Å². The average Bonchev–Trinajstić information content (AvgIpc) is 3.05. The lowest BCUT2D eigenvalue weighted by Gasteiger charge is -2.06. The monoisotopic (exact) mass is 489 g/mol. The molecule has 3 rings (SSSR count). The highest BCUT2D eigenvalue weighted by Gasteiger charge is 2.15. The molecule has 2 heterocycles. The van der Waals surface area contributed by atoms with E-state index in [-0.39, 0.29) is 12.5 Å². The Balaban J connectivity index is 1.70. The van der Waals surface area contributed by atoms with E-state index in [1.54, 1.807) is 34.6 Å². The van der Waals surface area contributed by atoms with Crippen LogP contribution in [0.25, 0.3) is 0 Å². The van der Waals surface area contributed by atoms with E-state index in [2.05, 4.69) is 31.4 Å². The van der Waals surface area contributed by atoms with Crippen molar-refractivity contribution in [3.05, 3.63) is 60.9 Å². The molecule has 0 fully saturated rings. The maximum absolute atomic E-state index is 12.3. The molecule has 142 valence electrons. The van der Waals surface area contributed by atoms with Crippen LogP contribution in [-0.2, 0) is 17.9 Å². The molecule has 1 aromatic carbocycles. The predicted molar refractivity (Wildman–Crippen MR) is 111 cm³/mol. The summed E-state index contributed by atoms with van der Waals surface area (Å²) in [6.07, 6.45) is 1.76. The maximum atomic E-state index is 12.3. The van der Waals surface area contributed by atoms with Crippen LogP contribution in [0.15, 0.2) is 28.9 Å². The summed E-state index contributed by atoms with van der Waals surface area (Å²) in [4.78, 5) is 12.3. The third kappa shape index (κ3) is 4.66. The van der Waals surface area contributed by atoms with Crippen molar-refractivity contribution < 1.29 is 4.79 Å². The Hall–Kier alpha value is -1.54. The molecule has 2 aromatic heterocycles. The van der Waals surface area contributed by atoms with E-state index < -0.39 is 0 Å². The second kappa shape index (κ2) is 8.22. The molecule has 0 unspecified atom stereocenters. The average molecular weight is 492 g/mol. The summed E-state index contributed by atoms with van der Waals surface area (Å²) in [6.45, 7) is 4.10. The summed E-state index contributed by atoms with van der Waals surface area (Å²) in [6, 6.07) is 5.29. The van der Waals surface area contributed by atoms with Crippen molar-refractivity contribution in [2.24, 2.45) is 0 Å². The van der Waals surface area contributed by atoms with Gasteiger partial charge in [-0.3, -0.25) is 14.2 Å².